The minimum Gasteiger partial charge on any atom is -0.478 e. The summed E-state index contributed by atoms with van der Waals surface area (Å²) in [5.74, 6) is -0.120. The average molecular weight is 269 g/mol. The number of pyridine rings is 2. The predicted octanol–water partition coefficient (Wildman–Crippen LogP) is 2.52. The topological polar surface area (TPSA) is 66.3 Å². The van der Waals surface area contributed by atoms with Crippen molar-refractivity contribution in [3.05, 3.63) is 54.0 Å². The van der Waals surface area contributed by atoms with Crippen LogP contribution in [0.4, 0.5) is 5.82 Å². The third-order valence-electron chi connectivity index (χ3n) is 3.63. The van der Waals surface area contributed by atoms with Crippen molar-refractivity contribution < 1.29 is 9.90 Å². The number of aromatic nitrogens is 2. The van der Waals surface area contributed by atoms with Crippen LogP contribution in [0.3, 0.4) is 0 Å². The van der Waals surface area contributed by atoms with Gasteiger partial charge in [-0.1, -0.05) is 0 Å². The van der Waals surface area contributed by atoms with Crippen LogP contribution in [0, 0.1) is 0 Å². The third kappa shape index (κ3) is 2.34. The van der Waals surface area contributed by atoms with Gasteiger partial charge in [0.05, 0.1) is 11.6 Å². The lowest BCUT2D eigenvalue weighted by Crippen LogP contribution is -2.23. The van der Waals surface area contributed by atoms with E-state index in [9.17, 15) is 4.79 Å². The van der Waals surface area contributed by atoms with E-state index in [0.717, 1.165) is 25.2 Å². The fourth-order valence-electron chi connectivity index (χ4n) is 2.66. The lowest BCUT2D eigenvalue weighted by molar-refractivity contribution is 0.0696. The van der Waals surface area contributed by atoms with Gasteiger partial charge in [-0.05, 0) is 42.7 Å². The number of carbonyl (C=O) groups is 1. The minimum absolute atomic E-state index is 0.216. The van der Waals surface area contributed by atoms with Crippen molar-refractivity contribution in [2.75, 3.05) is 11.4 Å². The molecule has 1 N–H and O–H groups in total. The Morgan fingerprint density at radius 2 is 2.05 bits per heavy atom. The summed E-state index contributed by atoms with van der Waals surface area (Å²) in [6.07, 6.45) is 7.20. The van der Waals surface area contributed by atoms with Crippen molar-refractivity contribution >= 4 is 11.8 Å². The maximum atomic E-state index is 10.9. The first kappa shape index (κ1) is 12.6. The van der Waals surface area contributed by atoms with Gasteiger partial charge in [-0.25, -0.2) is 9.78 Å². The summed E-state index contributed by atoms with van der Waals surface area (Å²) in [6, 6.07) is 7.72. The predicted molar refractivity (Wildman–Crippen MR) is 74.8 cm³/mol. The van der Waals surface area contributed by atoms with Gasteiger partial charge in [0, 0.05) is 25.1 Å². The molecule has 1 saturated heterocycles. The van der Waals surface area contributed by atoms with E-state index in [2.05, 4.69) is 14.9 Å². The van der Waals surface area contributed by atoms with Gasteiger partial charge < -0.3 is 10.0 Å². The molecular weight excluding hydrogens is 254 g/mol. The zero-order valence-electron chi connectivity index (χ0n) is 10.9. The van der Waals surface area contributed by atoms with Crippen LogP contribution in [0.5, 0.6) is 0 Å². The Balaban J connectivity index is 1.87. The van der Waals surface area contributed by atoms with Gasteiger partial charge in [0.15, 0.2) is 0 Å². The summed E-state index contributed by atoms with van der Waals surface area (Å²) in [4.78, 5) is 21.4. The van der Waals surface area contributed by atoms with Gasteiger partial charge in [-0.15, -0.1) is 0 Å². The highest BCUT2D eigenvalue weighted by Gasteiger charge is 2.26. The zero-order chi connectivity index (χ0) is 13.9. The lowest BCUT2D eigenvalue weighted by atomic mass is 10.1. The maximum absolute atomic E-state index is 10.9. The Kier molecular flexibility index (Phi) is 3.33. The molecule has 0 spiro atoms. The summed E-state index contributed by atoms with van der Waals surface area (Å²) in [6.45, 7) is 0.937. The molecule has 1 aliphatic rings. The summed E-state index contributed by atoms with van der Waals surface area (Å²) < 4.78 is 0. The van der Waals surface area contributed by atoms with Crippen LogP contribution < -0.4 is 4.90 Å². The SMILES string of the molecule is O=C(O)c1ccc(N2CCC[C@@H]2c2ccncc2)nc1. The normalized spacial score (nSPS) is 18.2. The fraction of sp³-hybridized carbons (Fsp3) is 0.267. The Morgan fingerprint density at radius 1 is 1.25 bits per heavy atom. The molecule has 3 rings (SSSR count). The van der Waals surface area contributed by atoms with Crippen LogP contribution in [0.25, 0.3) is 0 Å². The quantitative estimate of drug-likeness (QED) is 0.927. The smallest absolute Gasteiger partial charge is 0.337 e. The Hall–Kier alpha value is -2.43. The van der Waals surface area contributed by atoms with Crippen molar-refractivity contribution in [3.8, 4) is 0 Å². The van der Waals surface area contributed by atoms with Crippen LogP contribution in [-0.2, 0) is 0 Å². The van der Waals surface area contributed by atoms with Gasteiger partial charge in [-0.2, -0.15) is 0 Å². The molecule has 0 bridgehead atoms. The lowest BCUT2D eigenvalue weighted by Gasteiger charge is -2.26. The highest BCUT2D eigenvalue weighted by atomic mass is 16.4. The zero-order valence-corrected chi connectivity index (χ0v) is 10.9. The molecule has 0 aromatic carbocycles. The van der Waals surface area contributed by atoms with Gasteiger partial charge in [0.2, 0.25) is 0 Å². The second-order valence-corrected chi connectivity index (χ2v) is 4.84. The van der Waals surface area contributed by atoms with E-state index in [0.29, 0.717) is 6.04 Å². The molecule has 2 aromatic rings. The molecule has 0 saturated carbocycles. The number of hydrogen-bond donors (Lipinski definition) is 1. The number of anilines is 1. The number of rotatable bonds is 3. The molecule has 1 fully saturated rings. The van der Waals surface area contributed by atoms with E-state index in [1.165, 1.54) is 11.8 Å². The minimum atomic E-state index is -0.948. The van der Waals surface area contributed by atoms with Crippen molar-refractivity contribution in [3.63, 3.8) is 0 Å². The number of carboxylic acids is 1. The first-order valence-corrected chi connectivity index (χ1v) is 6.61. The molecule has 2 aromatic heterocycles. The second kappa shape index (κ2) is 5.28. The molecule has 5 heteroatoms. The Bertz CT molecular complexity index is 598. The second-order valence-electron chi connectivity index (χ2n) is 4.84. The standard InChI is InChI=1S/C15H15N3O2/c19-15(20)12-3-4-14(17-10-12)18-9-1-2-13(18)11-5-7-16-8-6-11/h3-8,10,13H,1-2,9H2,(H,19,20)/t13-/m1/s1. The largest absolute Gasteiger partial charge is 0.478 e. The first-order chi connectivity index (χ1) is 9.75. The van der Waals surface area contributed by atoms with Gasteiger partial charge in [-0.3, -0.25) is 4.98 Å². The molecule has 3 heterocycles. The van der Waals surface area contributed by atoms with Crippen molar-refractivity contribution in [2.24, 2.45) is 0 Å². The Labute approximate surface area is 116 Å². The molecule has 0 radical (unpaired) electrons. The van der Waals surface area contributed by atoms with Crippen LogP contribution in [0.2, 0.25) is 0 Å². The molecule has 1 atom stereocenters. The van der Waals surface area contributed by atoms with Crippen molar-refractivity contribution in [2.45, 2.75) is 18.9 Å². The van der Waals surface area contributed by atoms with Crippen LogP contribution in [-0.4, -0.2) is 27.6 Å². The Morgan fingerprint density at radius 3 is 2.70 bits per heavy atom. The number of carboxylic acid groups (broad SMARTS) is 1. The number of nitrogens with zero attached hydrogens (tertiary/aromatic N) is 3. The van der Waals surface area contributed by atoms with E-state index in [1.807, 2.05) is 12.1 Å². The monoisotopic (exact) mass is 269 g/mol. The number of aromatic carboxylic acids is 1. The molecule has 5 nitrogen and oxygen atoms in total. The van der Waals surface area contributed by atoms with E-state index in [-0.39, 0.29) is 5.56 Å². The maximum Gasteiger partial charge on any atom is 0.337 e. The van der Waals surface area contributed by atoms with Gasteiger partial charge in [0.1, 0.15) is 5.82 Å². The van der Waals surface area contributed by atoms with Crippen molar-refractivity contribution in [1.29, 1.82) is 0 Å². The van der Waals surface area contributed by atoms with E-state index in [4.69, 9.17) is 5.11 Å². The highest BCUT2D eigenvalue weighted by molar-refractivity contribution is 5.87. The highest BCUT2D eigenvalue weighted by Crippen LogP contribution is 2.34. The summed E-state index contributed by atoms with van der Waals surface area (Å²) in [5.41, 5.74) is 1.44. The van der Waals surface area contributed by atoms with E-state index >= 15 is 0 Å². The summed E-state index contributed by atoms with van der Waals surface area (Å²) in [7, 11) is 0. The van der Waals surface area contributed by atoms with E-state index < -0.39 is 5.97 Å². The third-order valence-corrected chi connectivity index (χ3v) is 3.63. The van der Waals surface area contributed by atoms with Crippen LogP contribution in [0.1, 0.15) is 34.8 Å². The molecule has 0 unspecified atom stereocenters. The fourth-order valence-corrected chi connectivity index (χ4v) is 2.66. The summed E-state index contributed by atoms with van der Waals surface area (Å²) in [5, 5.41) is 8.91. The van der Waals surface area contributed by atoms with E-state index in [1.54, 1.807) is 24.5 Å². The average Bonchev–Trinajstić information content (AvgIpc) is 2.97. The summed E-state index contributed by atoms with van der Waals surface area (Å²) >= 11 is 0. The number of hydrogen-bond acceptors (Lipinski definition) is 4. The first-order valence-electron chi connectivity index (χ1n) is 6.61. The van der Waals surface area contributed by atoms with Crippen LogP contribution in [0.15, 0.2) is 42.9 Å². The van der Waals surface area contributed by atoms with Gasteiger partial charge >= 0.3 is 5.97 Å². The van der Waals surface area contributed by atoms with Crippen LogP contribution >= 0.6 is 0 Å². The van der Waals surface area contributed by atoms with Gasteiger partial charge in [0.25, 0.3) is 0 Å². The molecule has 102 valence electrons. The molecule has 0 amide bonds. The molecule has 1 aliphatic heterocycles. The molecule has 20 heavy (non-hydrogen) atoms. The van der Waals surface area contributed by atoms with Crippen molar-refractivity contribution in [1.82, 2.24) is 9.97 Å². The molecular formula is C15H15N3O2. The molecule has 0 aliphatic carbocycles.